The van der Waals surface area contributed by atoms with Crippen LogP contribution in [-0.2, 0) is 4.79 Å². The molecule has 2 aromatic carbocycles. The number of aromatic amines is 1. The van der Waals surface area contributed by atoms with Crippen molar-refractivity contribution >= 4 is 39.3 Å². The Kier molecular flexibility index (Phi) is 5.07. The molecule has 1 aromatic heterocycles. The van der Waals surface area contributed by atoms with Crippen molar-refractivity contribution in [2.75, 3.05) is 11.2 Å². The first-order valence-electron chi connectivity index (χ1n) is 8.82. The molecule has 0 radical (unpaired) electrons. The van der Waals surface area contributed by atoms with Crippen molar-refractivity contribution in [2.45, 2.75) is 24.7 Å². The lowest BCUT2D eigenvalue weighted by atomic mass is 10.0. The number of benzene rings is 2. The molecule has 1 aliphatic rings. The van der Waals surface area contributed by atoms with Crippen LogP contribution >= 0.6 is 27.7 Å². The first-order chi connectivity index (χ1) is 13.6. The van der Waals surface area contributed by atoms with Gasteiger partial charge in [0.25, 0.3) is 6.17 Å². The summed E-state index contributed by atoms with van der Waals surface area (Å²) in [7, 11) is 0. The number of thioether (sulfide) groups is 1. The van der Waals surface area contributed by atoms with Gasteiger partial charge in [0.2, 0.25) is 11.1 Å². The number of nitrogens with zero attached hydrogens (tertiary/aromatic N) is 3. The number of para-hydroxylation sites is 1. The number of rotatable bonds is 3. The van der Waals surface area contributed by atoms with E-state index >= 15 is 0 Å². The fourth-order valence-electron chi connectivity index (χ4n) is 3.47. The molecule has 1 amide bonds. The smallest absolute Gasteiger partial charge is 0.291 e. The van der Waals surface area contributed by atoms with Crippen molar-refractivity contribution in [2.24, 2.45) is 0 Å². The molecule has 0 saturated carbocycles. The minimum absolute atomic E-state index is 0.0425. The van der Waals surface area contributed by atoms with Crippen molar-refractivity contribution in [3.8, 4) is 11.3 Å². The Morgan fingerprint density at radius 3 is 2.68 bits per heavy atom. The van der Waals surface area contributed by atoms with Gasteiger partial charge in [-0.05, 0) is 35.2 Å². The van der Waals surface area contributed by atoms with Gasteiger partial charge in [-0.2, -0.15) is 0 Å². The van der Waals surface area contributed by atoms with Crippen molar-refractivity contribution in [3.63, 3.8) is 0 Å². The van der Waals surface area contributed by atoms with Crippen molar-refractivity contribution in [3.05, 3.63) is 68.9 Å². The summed E-state index contributed by atoms with van der Waals surface area (Å²) in [5.41, 5.74) is 2.46. The molecule has 2 heterocycles. The van der Waals surface area contributed by atoms with E-state index in [4.69, 9.17) is 0 Å². The zero-order chi connectivity index (χ0) is 19.8. The molecule has 28 heavy (non-hydrogen) atoms. The third-order valence-corrected chi connectivity index (χ3v) is 6.00. The molecule has 8 heteroatoms. The first kappa shape index (κ1) is 18.9. The standard InChI is InChI=1S/C20H17BrN4O2S/c1-3-16(26)24-15-11-7-5-9-13(15)17-18(27)22-20(28-2)23-25(17)19(24)12-8-4-6-10-14(12)21/h4-11,19H,3H2,1-2H3/p+1. The van der Waals surface area contributed by atoms with E-state index in [0.717, 1.165) is 10.0 Å². The number of carbonyl (C=O) groups excluding carboxylic acids is 1. The first-order valence-corrected chi connectivity index (χ1v) is 10.8. The number of hydrogen-bond donors (Lipinski definition) is 1. The summed E-state index contributed by atoms with van der Waals surface area (Å²) in [5, 5.41) is 5.16. The van der Waals surface area contributed by atoms with Crippen LogP contribution in [0.15, 0.2) is 63.0 Å². The van der Waals surface area contributed by atoms with Gasteiger partial charge < -0.3 is 0 Å². The van der Waals surface area contributed by atoms with Gasteiger partial charge in [-0.3, -0.25) is 14.6 Å². The monoisotopic (exact) mass is 457 g/mol. The van der Waals surface area contributed by atoms with Gasteiger partial charge in [0.15, 0.2) is 0 Å². The highest BCUT2D eigenvalue weighted by Gasteiger charge is 2.45. The van der Waals surface area contributed by atoms with Crippen molar-refractivity contribution in [1.82, 2.24) is 10.1 Å². The number of amides is 1. The van der Waals surface area contributed by atoms with Gasteiger partial charge in [-0.25, -0.2) is 4.90 Å². The Bertz CT molecular complexity index is 1130. The lowest BCUT2D eigenvalue weighted by Gasteiger charge is -2.32. The van der Waals surface area contributed by atoms with Crippen molar-refractivity contribution in [1.29, 1.82) is 0 Å². The second-order valence-corrected chi connectivity index (χ2v) is 7.94. The number of H-pyrrole nitrogens is 1. The van der Waals surface area contributed by atoms with Gasteiger partial charge in [0, 0.05) is 16.0 Å². The van der Waals surface area contributed by atoms with E-state index in [0.29, 0.717) is 28.5 Å². The SMILES string of the molecule is CCC(=O)N1c2ccccc2-c2c(=O)[nH]c(SC)n[n+]2C1c1ccccc1Br. The highest BCUT2D eigenvalue weighted by molar-refractivity contribution is 9.10. The van der Waals surface area contributed by atoms with E-state index in [1.807, 2.05) is 61.7 Å². The zero-order valence-electron chi connectivity index (χ0n) is 15.3. The Labute approximate surface area is 174 Å². The minimum atomic E-state index is -0.568. The van der Waals surface area contributed by atoms with Gasteiger partial charge in [-0.1, -0.05) is 58.9 Å². The maximum absolute atomic E-state index is 13.1. The molecule has 6 nitrogen and oxygen atoms in total. The third-order valence-electron chi connectivity index (χ3n) is 4.71. The number of hydrogen-bond acceptors (Lipinski definition) is 4. The van der Waals surface area contributed by atoms with Crippen LogP contribution in [0.25, 0.3) is 11.3 Å². The Balaban J connectivity index is 2.12. The molecule has 3 aromatic rings. The molecule has 0 spiro atoms. The fourth-order valence-corrected chi connectivity index (χ4v) is 4.32. The zero-order valence-corrected chi connectivity index (χ0v) is 17.8. The Hall–Kier alpha value is -2.45. The molecule has 0 saturated heterocycles. The van der Waals surface area contributed by atoms with Crippen LogP contribution in [0.4, 0.5) is 5.69 Å². The summed E-state index contributed by atoms with van der Waals surface area (Å²) in [6.45, 7) is 1.83. The third kappa shape index (κ3) is 2.97. The van der Waals surface area contributed by atoms with E-state index in [-0.39, 0.29) is 11.5 Å². The number of fused-ring (bicyclic) bond motifs is 3. The highest BCUT2D eigenvalue weighted by Crippen LogP contribution is 2.39. The Morgan fingerprint density at radius 2 is 1.96 bits per heavy atom. The van der Waals surface area contributed by atoms with Crippen LogP contribution in [0.3, 0.4) is 0 Å². The van der Waals surface area contributed by atoms with Gasteiger partial charge in [-0.15, -0.1) is 0 Å². The quantitative estimate of drug-likeness (QED) is 0.482. The number of halogens is 1. The van der Waals surface area contributed by atoms with Crippen LogP contribution in [0.2, 0.25) is 0 Å². The van der Waals surface area contributed by atoms with E-state index in [9.17, 15) is 9.59 Å². The van der Waals surface area contributed by atoms with E-state index < -0.39 is 6.17 Å². The van der Waals surface area contributed by atoms with Crippen LogP contribution in [0.5, 0.6) is 0 Å². The average molecular weight is 458 g/mol. The van der Waals surface area contributed by atoms with Crippen molar-refractivity contribution < 1.29 is 9.48 Å². The van der Waals surface area contributed by atoms with Crippen LogP contribution in [-0.4, -0.2) is 22.2 Å². The topological polar surface area (TPSA) is 69.9 Å². The summed E-state index contributed by atoms with van der Waals surface area (Å²) in [6, 6.07) is 15.2. The number of anilines is 1. The molecule has 142 valence electrons. The van der Waals surface area contributed by atoms with E-state index in [1.165, 1.54) is 11.8 Å². The Morgan fingerprint density at radius 1 is 1.25 bits per heavy atom. The summed E-state index contributed by atoms with van der Waals surface area (Å²) in [4.78, 5) is 30.6. The average Bonchev–Trinajstić information content (AvgIpc) is 2.72. The molecule has 1 atom stereocenters. The number of nitrogens with one attached hydrogen (secondary N) is 1. The van der Waals surface area contributed by atoms with Crippen LogP contribution < -0.4 is 15.1 Å². The lowest BCUT2D eigenvalue weighted by molar-refractivity contribution is -0.763. The molecule has 1 aliphatic heterocycles. The normalized spacial score (nSPS) is 15.1. The summed E-state index contributed by atoms with van der Waals surface area (Å²) in [6.07, 6.45) is 1.62. The van der Waals surface area contributed by atoms with Gasteiger partial charge >= 0.3 is 11.3 Å². The molecule has 4 rings (SSSR count). The number of aromatic nitrogens is 3. The van der Waals surface area contributed by atoms with Gasteiger partial charge in [0.1, 0.15) is 0 Å². The maximum atomic E-state index is 13.1. The maximum Gasteiger partial charge on any atom is 0.325 e. The summed E-state index contributed by atoms with van der Waals surface area (Å²) < 4.78 is 2.51. The molecular formula is C20H18BrN4O2S+. The van der Waals surface area contributed by atoms with Crippen LogP contribution in [0, 0.1) is 0 Å². The largest absolute Gasteiger partial charge is 0.325 e. The summed E-state index contributed by atoms with van der Waals surface area (Å²) in [5.74, 6) is -0.0425. The van der Waals surface area contributed by atoms with E-state index in [2.05, 4.69) is 26.0 Å². The molecule has 0 fully saturated rings. The second kappa shape index (κ2) is 7.52. The predicted octanol–water partition coefficient (Wildman–Crippen LogP) is 3.51. The second-order valence-electron chi connectivity index (χ2n) is 6.29. The fraction of sp³-hybridized carbons (Fsp3) is 0.200. The minimum Gasteiger partial charge on any atom is -0.291 e. The highest BCUT2D eigenvalue weighted by atomic mass is 79.9. The van der Waals surface area contributed by atoms with Gasteiger partial charge in [0.05, 0.1) is 16.8 Å². The molecule has 0 bridgehead atoms. The molecule has 1 unspecified atom stereocenters. The lowest BCUT2D eigenvalue weighted by Crippen LogP contribution is -2.61. The number of carbonyl (C=O) groups is 1. The van der Waals surface area contributed by atoms with E-state index in [1.54, 1.807) is 9.58 Å². The predicted molar refractivity (Wildman–Crippen MR) is 112 cm³/mol. The van der Waals surface area contributed by atoms with Crippen LogP contribution in [0.1, 0.15) is 25.1 Å². The molecular weight excluding hydrogens is 440 g/mol. The molecule has 0 aliphatic carbocycles. The summed E-state index contributed by atoms with van der Waals surface area (Å²) >= 11 is 4.96. The molecule has 1 N–H and O–H groups in total.